The molecule has 0 amide bonds. The lowest BCUT2D eigenvalue weighted by Crippen LogP contribution is -2.34. The van der Waals surface area contributed by atoms with Crippen LogP contribution in [0.3, 0.4) is 0 Å². The predicted octanol–water partition coefficient (Wildman–Crippen LogP) is 4.22. The van der Waals surface area contributed by atoms with Crippen molar-refractivity contribution in [2.75, 3.05) is 7.11 Å². The van der Waals surface area contributed by atoms with Crippen molar-refractivity contribution in [3.8, 4) is 5.75 Å². The molecule has 0 aliphatic heterocycles. The van der Waals surface area contributed by atoms with E-state index in [1.165, 1.54) is 19.2 Å². The van der Waals surface area contributed by atoms with E-state index in [0.717, 1.165) is 10.0 Å². The highest BCUT2D eigenvalue weighted by molar-refractivity contribution is 9.10. The molecule has 0 aliphatic carbocycles. The molecular weight excluding hydrogens is 470 g/mol. The van der Waals surface area contributed by atoms with Gasteiger partial charge in [-0.1, -0.05) is 58.4 Å². The van der Waals surface area contributed by atoms with Crippen molar-refractivity contribution in [3.63, 3.8) is 0 Å². The summed E-state index contributed by atoms with van der Waals surface area (Å²) < 4.78 is 39.1. The van der Waals surface area contributed by atoms with Gasteiger partial charge in [0.25, 0.3) is 0 Å². The van der Waals surface area contributed by atoms with E-state index in [-0.39, 0.29) is 4.90 Å². The van der Waals surface area contributed by atoms with Crippen molar-refractivity contribution < 1.29 is 22.7 Å². The van der Waals surface area contributed by atoms with Crippen LogP contribution in [0.4, 0.5) is 0 Å². The Labute approximate surface area is 184 Å². The number of sulfonamides is 1. The predicted molar refractivity (Wildman–Crippen MR) is 116 cm³/mol. The maximum atomic E-state index is 12.7. The maximum absolute atomic E-state index is 12.7. The first-order valence-electron chi connectivity index (χ1n) is 9.01. The molecule has 30 heavy (non-hydrogen) atoms. The fourth-order valence-corrected chi connectivity index (χ4v) is 4.14. The number of esters is 1. The molecule has 3 aromatic carbocycles. The third kappa shape index (κ3) is 5.69. The number of hydrogen-bond acceptors (Lipinski definition) is 5. The van der Waals surface area contributed by atoms with Gasteiger partial charge in [0.1, 0.15) is 18.4 Å². The van der Waals surface area contributed by atoms with Crippen LogP contribution < -0.4 is 9.46 Å². The lowest BCUT2D eigenvalue weighted by molar-refractivity contribution is -0.142. The first kappa shape index (κ1) is 22.0. The zero-order valence-corrected chi connectivity index (χ0v) is 18.5. The molecule has 6 nitrogen and oxygen atoms in total. The Morgan fingerprint density at radius 2 is 1.60 bits per heavy atom. The summed E-state index contributed by atoms with van der Waals surface area (Å²) in [6.45, 7) is 0.400. The smallest absolute Gasteiger partial charge is 0.328 e. The fraction of sp³-hybridized carbons (Fsp3) is 0.136. The summed E-state index contributed by atoms with van der Waals surface area (Å²) in [6, 6.07) is 21.3. The Kier molecular flexibility index (Phi) is 7.25. The molecule has 3 aromatic rings. The third-order valence-electron chi connectivity index (χ3n) is 4.30. The number of methoxy groups -OCH3 is 1. The molecule has 0 spiro atoms. The highest BCUT2D eigenvalue weighted by atomic mass is 79.9. The fourth-order valence-electron chi connectivity index (χ4n) is 2.70. The second-order valence-corrected chi connectivity index (χ2v) is 9.00. The minimum atomic E-state index is -3.94. The second kappa shape index (κ2) is 9.88. The monoisotopic (exact) mass is 489 g/mol. The first-order chi connectivity index (χ1) is 14.4. The molecule has 0 bridgehead atoms. The zero-order chi connectivity index (χ0) is 21.6. The summed E-state index contributed by atoms with van der Waals surface area (Å²) in [7, 11) is -2.73. The van der Waals surface area contributed by atoms with Crippen molar-refractivity contribution in [1.29, 1.82) is 0 Å². The van der Waals surface area contributed by atoms with E-state index < -0.39 is 22.0 Å². The van der Waals surface area contributed by atoms with E-state index in [1.807, 2.05) is 30.3 Å². The summed E-state index contributed by atoms with van der Waals surface area (Å²) in [4.78, 5) is 12.3. The van der Waals surface area contributed by atoms with E-state index in [4.69, 9.17) is 9.47 Å². The zero-order valence-electron chi connectivity index (χ0n) is 16.1. The van der Waals surface area contributed by atoms with Gasteiger partial charge >= 0.3 is 5.97 Å². The molecular formula is C22H20BrNO5S. The van der Waals surface area contributed by atoms with Gasteiger partial charge in [0.05, 0.1) is 12.0 Å². The van der Waals surface area contributed by atoms with Crippen LogP contribution in [0.2, 0.25) is 0 Å². The molecule has 0 fully saturated rings. The second-order valence-electron chi connectivity index (χ2n) is 6.37. The van der Waals surface area contributed by atoms with E-state index in [1.54, 1.807) is 36.4 Å². The number of benzene rings is 3. The quantitative estimate of drug-likeness (QED) is 0.479. The molecule has 0 saturated carbocycles. The lowest BCUT2D eigenvalue weighted by Gasteiger charge is -2.17. The van der Waals surface area contributed by atoms with Crippen molar-refractivity contribution in [3.05, 3.63) is 94.5 Å². The number of nitrogens with one attached hydrogen (secondary N) is 1. The average Bonchev–Trinajstić information content (AvgIpc) is 2.77. The van der Waals surface area contributed by atoms with Crippen LogP contribution in [0.5, 0.6) is 5.75 Å². The number of rotatable bonds is 8. The Bertz CT molecular complexity index is 1080. The van der Waals surface area contributed by atoms with Gasteiger partial charge in [0.2, 0.25) is 10.0 Å². The van der Waals surface area contributed by atoms with E-state index in [9.17, 15) is 13.2 Å². The third-order valence-corrected chi connectivity index (χ3v) is 6.26. The molecule has 0 radical (unpaired) electrons. The molecule has 0 aliphatic rings. The number of carbonyl (C=O) groups is 1. The number of halogens is 1. The Hall–Kier alpha value is -2.68. The molecule has 1 N–H and O–H groups in total. The lowest BCUT2D eigenvalue weighted by atomic mass is 10.1. The number of hydrogen-bond donors (Lipinski definition) is 1. The van der Waals surface area contributed by atoms with Gasteiger partial charge < -0.3 is 9.47 Å². The molecule has 0 saturated heterocycles. The van der Waals surface area contributed by atoms with E-state index in [2.05, 4.69) is 20.7 Å². The Morgan fingerprint density at radius 1 is 0.967 bits per heavy atom. The SMILES string of the molecule is COC(=O)[C@H](NS(=O)(=O)c1ccc(Br)cc1)c1ccc(OCc2ccccc2)cc1. The first-order valence-corrected chi connectivity index (χ1v) is 11.3. The maximum Gasteiger partial charge on any atom is 0.328 e. The van der Waals surface area contributed by atoms with Crippen LogP contribution in [0, 0.1) is 0 Å². The normalized spacial score (nSPS) is 12.2. The van der Waals surface area contributed by atoms with Crippen LogP contribution in [-0.2, 0) is 26.2 Å². The summed E-state index contributed by atoms with van der Waals surface area (Å²) >= 11 is 3.27. The van der Waals surface area contributed by atoms with Crippen molar-refractivity contribution in [1.82, 2.24) is 4.72 Å². The Balaban J connectivity index is 1.76. The molecule has 0 heterocycles. The van der Waals surface area contributed by atoms with Crippen molar-refractivity contribution in [2.45, 2.75) is 17.5 Å². The van der Waals surface area contributed by atoms with Crippen molar-refractivity contribution >= 4 is 31.9 Å². The molecule has 0 aromatic heterocycles. The van der Waals surface area contributed by atoms with Gasteiger partial charge in [0.15, 0.2) is 0 Å². The minimum absolute atomic E-state index is 0.0439. The van der Waals surface area contributed by atoms with Crippen LogP contribution in [0.15, 0.2) is 88.2 Å². The molecule has 0 unspecified atom stereocenters. The highest BCUT2D eigenvalue weighted by Crippen LogP contribution is 2.23. The molecule has 1 atom stereocenters. The highest BCUT2D eigenvalue weighted by Gasteiger charge is 2.28. The summed E-state index contributed by atoms with van der Waals surface area (Å²) in [5, 5.41) is 0. The summed E-state index contributed by atoms with van der Waals surface area (Å²) in [5.41, 5.74) is 1.46. The van der Waals surface area contributed by atoms with Gasteiger partial charge in [-0.15, -0.1) is 0 Å². The average molecular weight is 490 g/mol. The molecule has 156 valence electrons. The van der Waals surface area contributed by atoms with Gasteiger partial charge in [0, 0.05) is 4.47 Å². The van der Waals surface area contributed by atoms with Gasteiger partial charge in [-0.3, -0.25) is 0 Å². The number of carbonyl (C=O) groups excluding carboxylic acids is 1. The van der Waals surface area contributed by atoms with Crippen LogP contribution in [-0.4, -0.2) is 21.5 Å². The molecule has 3 rings (SSSR count). The van der Waals surface area contributed by atoms with Gasteiger partial charge in [-0.2, -0.15) is 4.72 Å². The van der Waals surface area contributed by atoms with E-state index >= 15 is 0 Å². The van der Waals surface area contributed by atoms with Crippen LogP contribution in [0.25, 0.3) is 0 Å². The van der Waals surface area contributed by atoms with Gasteiger partial charge in [-0.05, 0) is 47.5 Å². The van der Waals surface area contributed by atoms with Crippen LogP contribution in [0.1, 0.15) is 17.2 Å². The topological polar surface area (TPSA) is 81.7 Å². The largest absolute Gasteiger partial charge is 0.489 e. The standard InChI is InChI=1S/C22H20BrNO5S/c1-28-22(25)21(24-30(26,27)20-13-9-18(23)10-14-20)17-7-11-19(12-8-17)29-15-16-5-3-2-4-6-16/h2-14,21,24H,15H2,1H3/t21-/m1/s1. The van der Waals surface area contributed by atoms with Crippen molar-refractivity contribution in [2.24, 2.45) is 0 Å². The Morgan fingerprint density at radius 3 is 2.20 bits per heavy atom. The molecule has 8 heteroatoms. The van der Waals surface area contributed by atoms with Crippen LogP contribution >= 0.6 is 15.9 Å². The van der Waals surface area contributed by atoms with Gasteiger partial charge in [-0.25, -0.2) is 13.2 Å². The summed E-state index contributed by atoms with van der Waals surface area (Å²) in [6.07, 6.45) is 0. The van der Waals surface area contributed by atoms with E-state index in [0.29, 0.717) is 17.9 Å². The minimum Gasteiger partial charge on any atom is -0.489 e. The number of ether oxygens (including phenoxy) is 2. The summed E-state index contributed by atoms with van der Waals surface area (Å²) in [5.74, 6) is -0.115.